The summed E-state index contributed by atoms with van der Waals surface area (Å²) in [6.45, 7) is 6.65. The molecule has 0 spiro atoms. The van der Waals surface area contributed by atoms with Gasteiger partial charge in [-0.25, -0.2) is 0 Å². The molecule has 0 fully saturated rings. The van der Waals surface area contributed by atoms with Crippen molar-refractivity contribution >= 4 is 22.4 Å². The average Bonchev–Trinajstić information content (AvgIpc) is 2.45. The molecule has 5 heteroatoms. The molecule has 1 amide bonds. The number of carbonyl (C=O) groups excluding carboxylic acids is 1. The molecule has 122 valence electrons. The summed E-state index contributed by atoms with van der Waals surface area (Å²) in [7, 11) is -0.786. The fourth-order valence-corrected chi connectivity index (χ4v) is 3.36. The molecule has 1 heterocycles. The normalized spacial score (nSPS) is 15.9. The van der Waals surface area contributed by atoms with Crippen LogP contribution in [0.25, 0.3) is 0 Å². The standard InChI is InChI=1S/C17H25NO3S/c1-17(2,3)22(20)11-5-4-10-21-14-7-8-15-13(12-14)6-9-16(19)18-15/h7-8,12H,4-6,9-11H2,1-3H3,(H,18,19). The number of amides is 1. The van der Waals surface area contributed by atoms with Crippen LogP contribution in [0.5, 0.6) is 5.75 Å². The average molecular weight is 323 g/mol. The number of hydrogen-bond acceptors (Lipinski definition) is 3. The van der Waals surface area contributed by atoms with Gasteiger partial charge in [0.15, 0.2) is 0 Å². The first-order valence-electron chi connectivity index (χ1n) is 7.80. The Balaban J connectivity index is 1.74. The smallest absolute Gasteiger partial charge is 0.224 e. The Kier molecular flexibility index (Phi) is 5.62. The van der Waals surface area contributed by atoms with Gasteiger partial charge in [-0.1, -0.05) is 0 Å². The number of rotatable bonds is 6. The molecule has 2 rings (SSSR count). The Bertz CT molecular complexity index is 564. The molecule has 1 aromatic rings. The lowest BCUT2D eigenvalue weighted by Crippen LogP contribution is -2.24. The summed E-state index contributed by atoms with van der Waals surface area (Å²) >= 11 is 0. The van der Waals surface area contributed by atoms with E-state index in [-0.39, 0.29) is 10.7 Å². The highest BCUT2D eigenvalue weighted by Gasteiger charge is 2.18. The topological polar surface area (TPSA) is 55.4 Å². The van der Waals surface area contributed by atoms with Gasteiger partial charge in [0.2, 0.25) is 5.91 Å². The van der Waals surface area contributed by atoms with Crippen LogP contribution in [0, 0.1) is 0 Å². The van der Waals surface area contributed by atoms with Crippen LogP contribution in [0.2, 0.25) is 0 Å². The molecule has 22 heavy (non-hydrogen) atoms. The Morgan fingerprint density at radius 2 is 2.00 bits per heavy atom. The fourth-order valence-electron chi connectivity index (χ4n) is 2.28. The van der Waals surface area contributed by atoms with Crippen molar-refractivity contribution in [2.75, 3.05) is 17.7 Å². The molecule has 1 aliphatic rings. The van der Waals surface area contributed by atoms with E-state index in [2.05, 4.69) is 5.32 Å². The van der Waals surface area contributed by atoms with Crippen molar-refractivity contribution in [3.8, 4) is 5.75 Å². The fraction of sp³-hybridized carbons (Fsp3) is 0.588. The number of anilines is 1. The lowest BCUT2D eigenvalue weighted by Gasteiger charge is -2.18. The maximum absolute atomic E-state index is 11.9. The molecule has 0 saturated heterocycles. The third kappa shape index (κ3) is 4.83. The van der Waals surface area contributed by atoms with Crippen molar-refractivity contribution in [2.24, 2.45) is 0 Å². The summed E-state index contributed by atoms with van der Waals surface area (Å²) in [4.78, 5) is 11.3. The van der Waals surface area contributed by atoms with Crippen molar-refractivity contribution < 1.29 is 13.7 Å². The van der Waals surface area contributed by atoms with Crippen LogP contribution in [0.1, 0.15) is 45.6 Å². The third-order valence-electron chi connectivity index (χ3n) is 3.65. The molecule has 0 aliphatic carbocycles. The van der Waals surface area contributed by atoms with E-state index in [1.807, 2.05) is 39.0 Å². The number of hydrogen-bond donors (Lipinski definition) is 1. The van der Waals surface area contributed by atoms with Crippen molar-refractivity contribution in [1.82, 2.24) is 0 Å². The van der Waals surface area contributed by atoms with Gasteiger partial charge in [0.25, 0.3) is 0 Å². The predicted octanol–water partition coefficient (Wildman–Crippen LogP) is 3.28. The Labute approximate surface area is 135 Å². The molecule has 0 radical (unpaired) electrons. The van der Waals surface area contributed by atoms with Crippen LogP contribution >= 0.6 is 0 Å². The minimum absolute atomic E-state index is 0.0769. The quantitative estimate of drug-likeness (QED) is 0.817. The minimum Gasteiger partial charge on any atom is -0.494 e. The third-order valence-corrected chi connectivity index (χ3v) is 5.67. The summed E-state index contributed by atoms with van der Waals surface area (Å²) in [6.07, 6.45) is 3.11. The van der Waals surface area contributed by atoms with Crippen molar-refractivity contribution in [3.63, 3.8) is 0 Å². The van der Waals surface area contributed by atoms with Gasteiger partial charge in [-0.3, -0.25) is 9.00 Å². The highest BCUT2D eigenvalue weighted by atomic mass is 32.2. The highest BCUT2D eigenvalue weighted by Crippen LogP contribution is 2.26. The molecule has 1 N–H and O–H groups in total. The van der Waals surface area contributed by atoms with Gasteiger partial charge in [-0.05, 0) is 63.8 Å². The summed E-state index contributed by atoms with van der Waals surface area (Å²) in [5.74, 6) is 1.64. The van der Waals surface area contributed by atoms with Crippen molar-refractivity contribution in [2.45, 2.75) is 51.2 Å². The molecule has 0 bridgehead atoms. The Morgan fingerprint density at radius 1 is 1.23 bits per heavy atom. The molecular weight excluding hydrogens is 298 g/mol. The largest absolute Gasteiger partial charge is 0.494 e. The van der Waals surface area contributed by atoms with E-state index in [4.69, 9.17) is 4.74 Å². The molecular formula is C17H25NO3S. The van der Waals surface area contributed by atoms with Crippen LogP contribution in [0.15, 0.2) is 18.2 Å². The van der Waals surface area contributed by atoms with Crippen LogP contribution in [0.3, 0.4) is 0 Å². The van der Waals surface area contributed by atoms with E-state index < -0.39 is 10.8 Å². The number of ether oxygens (including phenoxy) is 1. The first-order chi connectivity index (χ1) is 10.4. The lowest BCUT2D eigenvalue weighted by molar-refractivity contribution is -0.116. The number of aryl methyl sites for hydroxylation is 1. The molecule has 1 unspecified atom stereocenters. The first-order valence-corrected chi connectivity index (χ1v) is 9.12. The van der Waals surface area contributed by atoms with Crippen LogP contribution in [-0.2, 0) is 22.0 Å². The number of fused-ring (bicyclic) bond motifs is 1. The maximum Gasteiger partial charge on any atom is 0.224 e. The number of unbranched alkanes of at least 4 members (excludes halogenated alkanes) is 1. The zero-order valence-corrected chi connectivity index (χ0v) is 14.4. The second-order valence-corrected chi connectivity index (χ2v) is 8.91. The lowest BCUT2D eigenvalue weighted by atomic mass is 10.0. The zero-order chi connectivity index (χ0) is 16.2. The van der Waals surface area contributed by atoms with Crippen LogP contribution < -0.4 is 10.1 Å². The van der Waals surface area contributed by atoms with Gasteiger partial charge < -0.3 is 10.1 Å². The first kappa shape index (κ1) is 17.0. The maximum atomic E-state index is 11.9. The summed E-state index contributed by atoms with van der Waals surface area (Å²) in [6, 6.07) is 5.79. The van der Waals surface area contributed by atoms with Gasteiger partial charge in [0.1, 0.15) is 5.75 Å². The van der Waals surface area contributed by atoms with Gasteiger partial charge in [0.05, 0.1) is 6.61 Å². The molecule has 4 nitrogen and oxygen atoms in total. The van der Waals surface area contributed by atoms with E-state index in [0.717, 1.165) is 42.0 Å². The molecule has 1 atom stereocenters. The van der Waals surface area contributed by atoms with Crippen LogP contribution in [0.4, 0.5) is 5.69 Å². The van der Waals surface area contributed by atoms with Crippen molar-refractivity contribution in [3.05, 3.63) is 23.8 Å². The summed E-state index contributed by atoms with van der Waals surface area (Å²) in [5, 5.41) is 2.86. The van der Waals surface area contributed by atoms with Gasteiger partial charge in [-0.15, -0.1) is 0 Å². The molecule has 0 saturated carbocycles. The predicted molar refractivity (Wildman–Crippen MR) is 90.9 cm³/mol. The number of nitrogens with one attached hydrogen (secondary N) is 1. The van der Waals surface area contributed by atoms with Crippen LogP contribution in [-0.4, -0.2) is 27.2 Å². The van der Waals surface area contributed by atoms with Gasteiger partial charge in [-0.2, -0.15) is 0 Å². The van der Waals surface area contributed by atoms with E-state index in [1.54, 1.807) is 0 Å². The second-order valence-electron chi connectivity index (χ2n) is 6.58. The van der Waals surface area contributed by atoms with Crippen molar-refractivity contribution in [1.29, 1.82) is 0 Å². The Morgan fingerprint density at radius 3 is 2.73 bits per heavy atom. The van der Waals surface area contributed by atoms with E-state index in [1.165, 1.54) is 0 Å². The second kappa shape index (κ2) is 7.27. The zero-order valence-electron chi connectivity index (χ0n) is 13.6. The monoisotopic (exact) mass is 323 g/mol. The SMILES string of the molecule is CC(C)(C)S(=O)CCCCOc1ccc2c(c1)CCC(=O)N2. The molecule has 1 aromatic carbocycles. The Hall–Kier alpha value is -1.36. The number of benzene rings is 1. The molecule has 0 aromatic heterocycles. The molecule has 1 aliphatic heterocycles. The van der Waals surface area contributed by atoms with E-state index in [9.17, 15) is 9.00 Å². The summed E-state index contributed by atoms with van der Waals surface area (Å²) in [5.41, 5.74) is 2.02. The van der Waals surface area contributed by atoms with Gasteiger partial charge >= 0.3 is 0 Å². The van der Waals surface area contributed by atoms with E-state index >= 15 is 0 Å². The van der Waals surface area contributed by atoms with E-state index in [0.29, 0.717) is 13.0 Å². The summed E-state index contributed by atoms with van der Waals surface area (Å²) < 4.78 is 17.5. The minimum atomic E-state index is -0.786. The van der Waals surface area contributed by atoms with Gasteiger partial charge in [0, 0.05) is 33.4 Å². The highest BCUT2D eigenvalue weighted by molar-refractivity contribution is 7.86. The number of carbonyl (C=O) groups is 1.